The molecule has 1 unspecified atom stereocenters. The number of carbonyl (C=O) groups excluding carboxylic acids is 1. The summed E-state index contributed by atoms with van der Waals surface area (Å²) in [5, 5.41) is 11.6. The van der Waals surface area contributed by atoms with Crippen molar-refractivity contribution in [2.75, 3.05) is 0 Å². The Kier molecular flexibility index (Phi) is 4.50. The first-order valence-electron chi connectivity index (χ1n) is 8.40. The summed E-state index contributed by atoms with van der Waals surface area (Å²) >= 11 is 0. The fraction of sp³-hybridized carbons (Fsp3) is 0.588. The largest absolute Gasteiger partial charge is 0.361 e. The van der Waals surface area contributed by atoms with Crippen molar-refractivity contribution in [3.05, 3.63) is 35.0 Å². The Morgan fingerprint density at radius 3 is 3.09 bits per heavy atom. The van der Waals surface area contributed by atoms with Crippen LogP contribution in [0.2, 0.25) is 0 Å². The molecule has 0 saturated carbocycles. The van der Waals surface area contributed by atoms with Gasteiger partial charge in [0.25, 0.3) is 5.91 Å². The van der Waals surface area contributed by atoms with Crippen molar-refractivity contribution in [2.45, 2.75) is 65.0 Å². The Morgan fingerprint density at radius 1 is 1.52 bits per heavy atom. The summed E-state index contributed by atoms with van der Waals surface area (Å²) in [5.41, 5.74) is 2.77. The third-order valence-corrected chi connectivity index (χ3v) is 4.25. The molecule has 1 N–H and O–H groups in total. The van der Waals surface area contributed by atoms with Gasteiger partial charge >= 0.3 is 0 Å². The van der Waals surface area contributed by atoms with Crippen LogP contribution in [-0.2, 0) is 19.3 Å². The van der Waals surface area contributed by atoms with E-state index in [0.29, 0.717) is 11.7 Å². The highest BCUT2D eigenvalue weighted by molar-refractivity contribution is 5.92. The van der Waals surface area contributed by atoms with Crippen LogP contribution in [0.4, 0.5) is 0 Å². The Balaban J connectivity index is 1.63. The summed E-state index contributed by atoms with van der Waals surface area (Å²) in [7, 11) is 0. The van der Waals surface area contributed by atoms with Crippen LogP contribution in [0.15, 0.2) is 16.8 Å². The number of aromatic nitrogens is 3. The lowest BCUT2D eigenvalue weighted by Gasteiger charge is -2.21. The summed E-state index contributed by atoms with van der Waals surface area (Å²) < 4.78 is 7.18. The van der Waals surface area contributed by atoms with E-state index in [9.17, 15) is 4.79 Å². The average molecular weight is 316 g/mol. The number of carbonyl (C=O) groups is 1. The van der Waals surface area contributed by atoms with Gasteiger partial charge in [-0.15, -0.1) is 0 Å². The maximum absolute atomic E-state index is 12.3. The molecule has 0 radical (unpaired) electrons. The average Bonchev–Trinajstić information content (AvgIpc) is 3.13. The lowest BCUT2D eigenvalue weighted by molar-refractivity contribution is 0.0924. The fourth-order valence-corrected chi connectivity index (χ4v) is 2.94. The molecule has 1 atom stereocenters. The number of fused-ring (bicyclic) bond motifs is 1. The first kappa shape index (κ1) is 15.8. The second-order valence-corrected chi connectivity index (χ2v) is 6.52. The van der Waals surface area contributed by atoms with Gasteiger partial charge in [-0.25, -0.2) is 0 Å². The first-order chi connectivity index (χ1) is 11.1. The smallest absolute Gasteiger partial charge is 0.273 e. The number of nitrogens with one attached hydrogen (secondary N) is 1. The van der Waals surface area contributed by atoms with Crippen molar-refractivity contribution in [1.29, 1.82) is 0 Å². The second kappa shape index (κ2) is 6.56. The molecule has 0 spiro atoms. The van der Waals surface area contributed by atoms with Gasteiger partial charge in [-0.05, 0) is 38.7 Å². The van der Waals surface area contributed by atoms with Crippen molar-refractivity contribution in [3.8, 4) is 0 Å². The Bertz CT molecular complexity index is 687. The normalized spacial score (nSPS) is 17.3. The predicted octanol–water partition coefficient (Wildman–Crippen LogP) is 2.69. The van der Waals surface area contributed by atoms with Crippen molar-refractivity contribution in [1.82, 2.24) is 20.3 Å². The van der Waals surface area contributed by atoms with Crippen molar-refractivity contribution in [3.63, 3.8) is 0 Å². The Morgan fingerprint density at radius 2 is 2.35 bits per heavy atom. The van der Waals surface area contributed by atoms with Gasteiger partial charge < -0.3 is 9.84 Å². The Labute approximate surface area is 136 Å². The number of nitrogens with zero attached hydrogens (tertiary/aromatic N) is 3. The van der Waals surface area contributed by atoms with E-state index in [0.717, 1.165) is 43.6 Å². The monoisotopic (exact) mass is 316 g/mol. The van der Waals surface area contributed by atoms with Gasteiger partial charge in [-0.3, -0.25) is 9.48 Å². The summed E-state index contributed by atoms with van der Waals surface area (Å²) in [4.78, 5) is 12.3. The summed E-state index contributed by atoms with van der Waals surface area (Å²) in [6, 6.07) is 2.21. The highest BCUT2D eigenvalue weighted by atomic mass is 16.5. The van der Waals surface area contributed by atoms with Gasteiger partial charge in [-0.1, -0.05) is 12.1 Å². The SMILES string of the molecule is CCCc1cc(C(=O)NC2CCc3cn(C(C)C)nc3C2)no1. The lowest BCUT2D eigenvalue weighted by Crippen LogP contribution is -2.39. The molecule has 0 fully saturated rings. The van der Waals surface area contributed by atoms with Crippen molar-refractivity contribution < 1.29 is 9.32 Å². The summed E-state index contributed by atoms with van der Waals surface area (Å²) in [6.45, 7) is 6.31. The van der Waals surface area contributed by atoms with Gasteiger partial charge in [0.05, 0.1) is 5.69 Å². The molecule has 2 aromatic rings. The van der Waals surface area contributed by atoms with Crippen LogP contribution in [-0.4, -0.2) is 26.9 Å². The minimum atomic E-state index is -0.159. The zero-order valence-electron chi connectivity index (χ0n) is 14.0. The zero-order chi connectivity index (χ0) is 16.4. The number of aryl methyl sites for hydroxylation is 2. The second-order valence-electron chi connectivity index (χ2n) is 6.52. The molecule has 2 aromatic heterocycles. The molecule has 0 saturated heterocycles. The van der Waals surface area contributed by atoms with E-state index in [2.05, 4.69) is 42.5 Å². The number of hydrogen-bond donors (Lipinski definition) is 1. The first-order valence-corrected chi connectivity index (χ1v) is 8.40. The van der Waals surface area contributed by atoms with Crippen LogP contribution < -0.4 is 5.32 Å². The summed E-state index contributed by atoms with van der Waals surface area (Å²) in [5.74, 6) is 0.604. The van der Waals surface area contributed by atoms with Gasteiger partial charge in [0.15, 0.2) is 5.69 Å². The molecule has 1 amide bonds. The van der Waals surface area contributed by atoms with E-state index in [1.165, 1.54) is 5.56 Å². The fourth-order valence-electron chi connectivity index (χ4n) is 2.94. The molecule has 124 valence electrons. The minimum absolute atomic E-state index is 0.108. The topological polar surface area (TPSA) is 73.0 Å². The molecule has 6 heteroatoms. The quantitative estimate of drug-likeness (QED) is 0.920. The van der Waals surface area contributed by atoms with Gasteiger partial charge in [0.2, 0.25) is 0 Å². The van der Waals surface area contributed by atoms with Crippen LogP contribution in [0.5, 0.6) is 0 Å². The van der Waals surface area contributed by atoms with Gasteiger partial charge in [0.1, 0.15) is 5.76 Å². The molecule has 0 aromatic carbocycles. The summed E-state index contributed by atoms with van der Waals surface area (Å²) in [6.07, 6.45) is 6.57. The van der Waals surface area contributed by atoms with E-state index in [1.807, 2.05) is 4.68 Å². The van der Waals surface area contributed by atoms with Crippen LogP contribution >= 0.6 is 0 Å². The van der Waals surface area contributed by atoms with Crippen LogP contribution in [0.25, 0.3) is 0 Å². The molecule has 1 aliphatic rings. The Hall–Kier alpha value is -2.11. The van der Waals surface area contributed by atoms with Gasteiger partial charge in [0, 0.05) is 37.2 Å². The number of amides is 1. The zero-order valence-corrected chi connectivity index (χ0v) is 14.0. The molecular weight excluding hydrogens is 292 g/mol. The standard InChI is InChI=1S/C17H24N4O2/c1-4-5-14-9-16(20-23-14)17(22)18-13-7-6-12-10-21(11(2)3)19-15(12)8-13/h9-11,13H,4-8H2,1-3H3,(H,18,22). The molecule has 0 bridgehead atoms. The molecule has 0 aliphatic heterocycles. The molecule has 6 nitrogen and oxygen atoms in total. The molecule has 23 heavy (non-hydrogen) atoms. The minimum Gasteiger partial charge on any atom is -0.361 e. The molecule has 2 heterocycles. The van der Waals surface area contributed by atoms with E-state index >= 15 is 0 Å². The highest BCUT2D eigenvalue weighted by Gasteiger charge is 2.24. The van der Waals surface area contributed by atoms with Crippen LogP contribution in [0.1, 0.15) is 67.2 Å². The van der Waals surface area contributed by atoms with Crippen LogP contribution in [0.3, 0.4) is 0 Å². The van der Waals surface area contributed by atoms with E-state index in [-0.39, 0.29) is 11.9 Å². The van der Waals surface area contributed by atoms with Crippen molar-refractivity contribution >= 4 is 5.91 Å². The molecular formula is C17H24N4O2. The lowest BCUT2D eigenvalue weighted by atomic mass is 9.93. The third kappa shape index (κ3) is 3.46. The van der Waals surface area contributed by atoms with Gasteiger partial charge in [-0.2, -0.15) is 5.10 Å². The maximum atomic E-state index is 12.3. The molecule has 3 rings (SSSR count). The van der Waals surface area contributed by atoms with E-state index in [4.69, 9.17) is 4.52 Å². The maximum Gasteiger partial charge on any atom is 0.273 e. The van der Waals surface area contributed by atoms with Crippen molar-refractivity contribution in [2.24, 2.45) is 0 Å². The highest BCUT2D eigenvalue weighted by Crippen LogP contribution is 2.22. The van der Waals surface area contributed by atoms with Crippen LogP contribution in [0, 0.1) is 0 Å². The molecule has 1 aliphatic carbocycles. The predicted molar refractivity (Wildman–Crippen MR) is 86.4 cm³/mol. The van der Waals surface area contributed by atoms with E-state index < -0.39 is 0 Å². The third-order valence-electron chi connectivity index (χ3n) is 4.25. The van der Waals surface area contributed by atoms with E-state index in [1.54, 1.807) is 6.07 Å². The number of hydrogen-bond acceptors (Lipinski definition) is 4. The number of rotatable bonds is 5.